The summed E-state index contributed by atoms with van der Waals surface area (Å²) < 4.78 is 10.9. The second-order valence-corrected chi connectivity index (χ2v) is 10.9. The zero-order valence-electron chi connectivity index (χ0n) is 26.3. The lowest BCUT2D eigenvalue weighted by molar-refractivity contribution is -0.154. The van der Waals surface area contributed by atoms with Crippen molar-refractivity contribution in [1.29, 1.82) is 0 Å². The number of hydrogen-bond donors (Lipinski definition) is 1. The standard InChI is InChI=1S/C36H64O4/c1-3-5-7-9-10-11-12-13-14-15-16-17-18-19-20-21-22-23-24-25-26-27-28-30-32-39-34-35(33-37)40-36(38)31-29-8-6-4-2/h5,7,10-11,13-14,16-17,35,37H,3-4,6,8-9,12,15,18-34H2,1-2H3/b7-5-,11-10-,14-13-,17-16-. The molecule has 0 heterocycles. The summed E-state index contributed by atoms with van der Waals surface area (Å²) in [7, 11) is 0. The number of aliphatic hydroxyl groups excluding tert-OH is 1. The minimum Gasteiger partial charge on any atom is -0.457 e. The molecule has 0 saturated heterocycles. The second-order valence-electron chi connectivity index (χ2n) is 10.9. The average Bonchev–Trinajstić information content (AvgIpc) is 2.96. The van der Waals surface area contributed by atoms with Crippen molar-refractivity contribution < 1.29 is 19.4 Å². The Morgan fingerprint density at radius 1 is 0.625 bits per heavy atom. The van der Waals surface area contributed by atoms with Crippen molar-refractivity contribution in [2.75, 3.05) is 19.8 Å². The van der Waals surface area contributed by atoms with Crippen LogP contribution in [0.5, 0.6) is 0 Å². The maximum Gasteiger partial charge on any atom is 0.306 e. The molecular formula is C36H64O4. The molecule has 0 aliphatic rings. The summed E-state index contributed by atoms with van der Waals surface area (Å²) in [6.45, 7) is 5.11. The molecule has 0 radical (unpaired) electrons. The van der Waals surface area contributed by atoms with E-state index < -0.39 is 6.10 Å². The van der Waals surface area contributed by atoms with E-state index in [9.17, 15) is 9.90 Å². The van der Waals surface area contributed by atoms with Crippen LogP contribution in [0.25, 0.3) is 0 Å². The summed E-state index contributed by atoms with van der Waals surface area (Å²) in [5.74, 6) is -0.222. The van der Waals surface area contributed by atoms with Crippen molar-refractivity contribution in [2.45, 2.75) is 155 Å². The number of allylic oxidation sites excluding steroid dienone is 8. The maximum atomic E-state index is 11.8. The Kier molecular flexibility index (Phi) is 32.2. The first-order chi connectivity index (χ1) is 19.7. The number of esters is 1. The Morgan fingerprint density at radius 3 is 1.68 bits per heavy atom. The van der Waals surface area contributed by atoms with Gasteiger partial charge in [-0.15, -0.1) is 0 Å². The minimum absolute atomic E-state index is 0.175. The van der Waals surface area contributed by atoms with Gasteiger partial charge in [0.15, 0.2) is 0 Å². The highest BCUT2D eigenvalue weighted by molar-refractivity contribution is 5.69. The number of carbonyl (C=O) groups is 1. The summed E-state index contributed by atoms with van der Waals surface area (Å²) in [6.07, 6.45) is 41.9. The molecule has 1 atom stereocenters. The third-order valence-corrected chi connectivity index (χ3v) is 6.92. The number of aliphatic hydroxyl groups is 1. The number of ether oxygens (including phenoxy) is 2. The van der Waals surface area contributed by atoms with E-state index in [1.165, 1.54) is 70.6 Å². The molecule has 1 N–H and O–H groups in total. The Hall–Kier alpha value is -1.65. The van der Waals surface area contributed by atoms with Gasteiger partial charge < -0.3 is 14.6 Å². The monoisotopic (exact) mass is 560 g/mol. The van der Waals surface area contributed by atoms with E-state index in [-0.39, 0.29) is 12.6 Å². The Bertz CT molecular complexity index is 635. The predicted octanol–water partition coefficient (Wildman–Crippen LogP) is 10.4. The molecule has 0 bridgehead atoms. The van der Waals surface area contributed by atoms with E-state index >= 15 is 0 Å². The fourth-order valence-electron chi connectivity index (χ4n) is 4.43. The van der Waals surface area contributed by atoms with Crippen molar-refractivity contribution in [1.82, 2.24) is 0 Å². The van der Waals surface area contributed by atoms with Gasteiger partial charge in [0, 0.05) is 13.0 Å². The molecule has 4 nitrogen and oxygen atoms in total. The van der Waals surface area contributed by atoms with Gasteiger partial charge in [-0.05, 0) is 51.4 Å². The molecule has 0 saturated carbocycles. The van der Waals surface area contributed by atoms with Crippen LogP contribution in [0.15, 0.2) is 48.6 Å². The van der Waals surface area contributed by atoms with E-state index in [1.54, 1.807) is 0 Å². The summed E-state index contributed by atoms with van der Waals surface area (Å²) in [5.41, 5.74) is 0. The van der Waals surface area contributed by atoms with Crippen LogP contribution in [0, 0.1) is 0 Å². The first-order valence-electron chi connectivity index (χ1n) is 16.7. The molecule has 4 heteroatoms. The molecule has 0 fully saturated rings. The van der Waals surface area contributed by atoms with Gasteiger partial charge in [-0.25, -0.2) is 0 Å². The van der Waals surface area contributed by atoms with Crippen LogP contribution in [-0.4, -0.2) is 37.0 Å². The molecular weight excluding hydrogens is 496 g/mol. The van der Waals surface area contributed by atoms with Crippen LogP contribution >= 0.6 is 0 Å². The van der Waals surface area contributed by atoms with Crippen LogP contribution in [0.1, 0.15) is 149 Å². The van der Waals surface area contributed by atoms with Crippen molar-refractivity contribution in [2.24, 2.45) is 0 Å². The fourth-order valence-corrected chi connectivity index (χ4v) is 4.43. The smallest absolute Gasteiger partial charge is 0.306 e. The molecule has 0 aliphatic carbocycles. The van der Waals surface area contributed by atoms with Gasteiger partial charge in [0.1, 0.15) is 6.10 Å². The van der Waals surface area contributed by atoms with Gasteiger partial charge in [-0.2, -0.15) is 0 Å². The van der Waals surface area contributed by atoms with Gasteiger partial charge >= 0.3 is 5.97 Å². The average molecular weight is 561 g/mol. The SMILES string of the molecule is CC/C=C\C/C=C\C/C=C\C/C=C\CCCCCCCCCCCCCOCC(CO)OC(=O)CCCCCC. The van der Waals surface area contributed by atoms with Crippen molar-refractivity contribution in [3.63, 3.8) is 0 Å². The molecule has 0 aromatic heterocycles. The summed E-state index contributed by atoms with van der Waals surface area (Å²) in [4.78, 5) is 11.8. The topological polar surface area (TPSA) is 55.8 Å². The van der Waals surface area contributed by atoms with E-state index in [2.05, 4.69) is 62.5 Å². The van der Waals surface area contributed by atoms with E-state index in [0.717, 1.165) is 57.8 Å². The lowest BCUT2D eigenvalue weighted by Crippen LogP contribution is -2.27. The van der Waals surface area contributed by atoms with E-state index in [4.69, 9.17) is 9.47 Å². The predicted molar refractivity (Wildman–Crippen MR) is 173 cm³/mol. The molecule has 0 aromatic rings. The zero-order valence-corrected chi connectivity index (χ0v) is 26.3. The van der Waals surface area contributed by atoms with Crippen molar-refractivity contribution in [3.8, 4) is 0 Å². The van der Waals surface area contributed by atoms with Gasteiger partial charge in [-0.3, -0.25) is 4.79 Å². The highest BCUT2D eigenvalue weighted by Crippen LogP contribution is 2.12. The molecule has 1 unspecified atom stereocenters. The van der Waals surface area contributed by atoms with Crippen LogP contribution in [0.2, 0.25) is 0 Å². The number of carbonyl (C=O) groups excluding carboxylic acids is 1. The largest absolute Gasteiger partial charge is 0.457 e. The van der Waals surface area contributed by atoms with Crippen LogP contribution in [0.4, 0.5) is 0 Å². The van der Waals surface area contributed by atoms with E-state index in [0.29, 0.717) is 19.6 Å². The fraction of sp³-hybridized carbons (Fsp3) is 0.750. The Morgan fingerprint density at radius 2 is 1.12 bits per heavy atom. The van der Waals surface area contributed by atoms with E-state index in [1.807, 2.05) is 0 Å². The minimum atomic E-state index is -0.529. The molecule has 0 rings (SSSR count). The van der Waals surface area contributed by atoms with Crippen LogP contribution in [0.3, 0.4) is 0 Å². The third kappa shape index (κ3) is 30.9. The highest BCUT2D eigenvalue weighted by Gasteiger charge is 2.13. The summed E-state index contributed by atoms with van der Waals surface area (Å²) >= 11 is 0. The van der Waals surface area contributed by atoms with Gasteiger partial charge in [0.25, 0.3) is 0 Å². The molecule has 0 amide bonds. The van der Waals surface area contributed by atoms with Gasteiger partial charge in [0.2, 0.25) is 0 Å². The quantitative estimate of drug-likeness (QED) is 0.0539. The lowest BCUT2D eigenvalue weighted by atomic mass is 10.1. The number of unbranched alkanes of at least 4 members (excludes halogenated alkanes) is 14. The highest BCUT2D eigenvalue weighted by atomic mass is 16.6. The van der Waals surface area contributed by atoms with Crippen LogP contribution < -0.4 is 0 Å². The normalized spacial score (nSPS) is 13.0. The molecule has 0 aliphatic heterocycles. The van der Waals surface area contributed by atoms with Crippen LogP contribution in [-0.2, 0) is 14.3 Å². The molecule has 0 aromatic carbocycles. The molecule has 40 heavy (non-hydrogen) atoms. The Balaban J connectivity index is 3.37. The van der Waals surface area contributed by atoms with Gasteiger partial charge in [0.05, 0.1) is 13.2 Å². The lowest BCUT2D eigenvalue weighted by Gasteiger charge is -2.15. The maximum absolute atomic E-state index is 11.8. The first-order valence-corrected chi connectivity index (χ1v) is 16.7. The first kappa shape index (κ1) is 38.4. The molecule has 0 spiro atoms. The number of rotatable bonds is 30. The zero-order chi connectivity index (χ0) is 29.2. The summed E-state index contributed by atoms with van der Waals surface area (Å²) in [6, 6.07) is 0. The van der Waals surface area contributed by atoms with Gasteiger partial charge in [-0.1, -0.05) is 140 Å². The summed E-state index contributed by atoms with van der Waals surface area (Å²) in [5, 5.41) is 9.41. The Labute approximate surface area is 248 Å². The third-order valence-electron chi connectivity index (χ3n) is 6.92. The van der Waals surface area contributed by atoms with Crippen molar-refractivity contribution in [3.05, 3.63) is 48.6 Å². The van der Waals surface area contributed by atoms with Crippen molar-refractivity contribution >= 4 is 5.97 Å². The molecule has 232 valence electrons. The number of hydrogen-bond acceptors (Lipinski definition) is 4. The second kappa shape index (κ2) is 33.6.